The minimum absolute atomic E-state index is 0.852. The molecule has 0 aliphatic rings. The van der Waals surface area contributed by atoms with E-state index in [1.165, 1.54) is 31.4 Å². The third-order valence-electron chi connectivity index (χ3n) is 2.98. The van der Waals surface area contributed by atoms with Gasteiger partial charge >= 0.3 is 0 Å². The Morgan fingerprint density at radius 2 is 1.94 bits per heavy atom. The SMILES string of the molecule is CC(C)CCCC(C)CCSc1ccccn1. The molecule has 1 aromatic heterocycles. The lowest BCUT2D eigenvalue weighted by Gasteiger charge is -2.11. The van der Waals surface area contributed by atoms with Crippen LogP contribution in [-0.2, 0) is 0 Å². The zero-order chi connectivity index (χ0) is 12.5. The second-order valence-corrected chi connectivity index (χ2v) is 6.35. The predicted molar refractivity (Wildman–Crippen MR) is 77.4 cm³/mol. The van der Waals surface area contributed by atoms with Gasteiger partial charge in [0.2, 0.25) is 0 Å². The second kappa shape index (κ2) is 8.57. The first-order valence-corrected chi connectivity index (χ1v) is 7.71. The van der Waals surface area contributed by atoms with Gasteiger partial charge in [-0.25, -0.2) is 4.98 Å². The Bertz CT molecular complexity index is 284. The minimum Gasteiger partial charge on any atom is -0.250 e. The Morgan fingerprint density at radius 3 is 2.59 bits per heavy atom. The maximum absolute atomic E-state index is 4.32. The Morgan fingerprint density at radius 1 is 1.12 bits per heavy atom. The van der Waals surface area contributed by atoms with E-state index in [0.717, 1.165) is 16.9 Å². The van der Waals surface area contributed by atoms with Gasteiger partial charge in [0, 0.05) is 6.20 Å². The molecule has 1 heterocycles. The van der Waals surface area contributed by atoms with Gasteiger partial charge < -0.3 is 0 Å². The smallest absolute Gasteiger partial charge is 0.0959 e. The summed E-state index contributed by atoms with van der Waals surface area (Å²) in [5, 5.41) is 1.15. The highest BCUT2D eigenvalue weighted by Crippen LogP contribution is 2.21. The van der Waals surface area contributed by atoms with Crippen molar-refractivity contribution in [1.29, 1.82) is 0 Å². The van der Waals surface area contributed by atoms with Gasteiger partial charge in [-0.3, -0.25) is 0 Å². The lowest BCUT2D eigenvalue weighted by molar-refractivity contribution is 0.451. The molecule has 96 valence electrons. The third-order valence-corrected chi connectivity index (χ3v) is 3.95. The zero-order valence-electron chi connectivity index (χ0n) is 11.4. The Labute approximate surface area is 110 Å². The summed E-state index contributed by atoms with van der Waals surface area (Å²) >= 11 is 1.88. The van der Waals surface area contributed by atoms with Crippen LogP contribution in [-0.4, -0.2) is 10.7 Å². The number of nitrogens with zero attached hydrogens (tertiary/aromatic N) is 1. The standard InChI is InChI=1S/C15H25NS/c1-13(2)7-6-8-14(3)10-12-17-15-9-4-5-11-16-15/h4-5,9,11,13-14H,6-8,10,12H2,1-3H3. The van der Waals surface area contributed by atoms with E-state index < -0.39 is 0 Å². The van der Waals surface area contributed by atoms with Gasteiger partial charge in [-0.05, 0) is 36.1 Å². The lowest BCUT2D eigenvalue weighted by atomic mass is 9.98. The van der Waals surface area contributed by atoms with Crippen LogP contribution in [0, 0.1) is 11.8 Å². The summed E-state index contributed by atoms with van der Waals surface area (Å²) in [6.07, 6.45) is 7.31. The molecular weight excluding hydrogens is 226 g/mol. The van der Waals surface area contributed by atoms with Gasteiger partial charge in [0.25, 0.3) is 0 Å². The van der Waals surface area contributed by atoms with Crippen LogP contribution in [0.15, 0.2) is 29.4 Å². The highest BCUT2D eigenvalue weighted by atomic mass is 32.2. The van der Waals surface area contributed by atoms with E-state index >= 15 is 0 Å². The summed E-state index contributed by atoms with van der Waals surface area (Å²) < 4.78 is 0. The fourth-order valence-electron chi connectivity index (χ4n) is 1.82. The van der Waals surface area contributed by atoms with E-state index in [1.807, 2.05) is 24.0 Å². The second-order valence-electron chi connectivity index (χ2n) is 5.24. The van der Waals surface area contributed by atoms with Crippen molar-refractivity contribution in [2.45, 2.75) is 51.5 Å². The summed E-state index contributed by atoms with van der Waals surface area (Å²) in [6.45, 7) is 6.99. The van der Waals surface area contributed by atoms with Crippen LogP contribution in [0.1, 0.15) is 46.5 Å². The first-order chi connectivity index (χ1) is 8.18. The van der Waals surface area contributed by atoms with E-state index in [4.69, 9.17) is 0 Å². The highest BCUT2D eigenvalue weighted by Gasteiger charge is 2.04. The molecule has 0 aromatic carbocycles. The molecule has 1 aromatic rings. The molecule has 0 aliphatic carbocycles. The summed E-state index contributed by atoms with van der Waals surface area (Å²) in [6, 6.07) is 6.12. The van der Waals surface area contributed by atoms with E-state index in [9.17, 15) is 0 Å². The molecule has 0 radical (unpaired) electrons. The number of hydrogen-bond donors (Lipinski definition) is 0. The summed E-state index contributed by atoms with van der Waals surface area (Å²) in [5.74, 6) is 2.90. The fourth-order valence-corrected chi connectivity index (χ4v) is 2.86. The third kappa shape index (κ3) is 7.43. The van der Waals surface area contributed by atoms with Crippen LogP contribution in [0.5, 0.6) is 0 Å². The minimum atomic E-state index is 0.852. The predicted octanol–water partition coefficient (Wildman–Crippen LogP) is 5.03. The highest BCUT2D eigenvalue weighted by molar-refractivity contribution is 7.99. The maximum atomic E-state index is 4.32. The molecule has 17 heavy (non-hydrogen) atoms. The van der Waals surface area contributed by atoms with Crippen LogP contribution >= 0.6 is 11.8 Å². The largest absolute Gasteiger partial charge is 0.250 e. The van der Waals surface area contributed by atoms with Crippen molar-refractivity contribution in [3.63, 3.8) is 0 Å². The van der Waals surface area contributed by atoms with E-state index in [2.05, 4.69) is 37.9 Å². The molecule has 1 atom stereocenters. The number of aromatic nitrogens is 1. The summed E-state index contributed by atoms with van der Waals surface area (Å²) in [4.78, 5) is 4.32. The quantitative estimate of drug-likeness (QED) is 0.601. The normalized spacial score (nSPS) is 12.9. The van der Waals surface area contributed by atoms with Crippen molar-refractivity contribution in [2.24, 2.45) is 11.8 Å². The molecule has 0 amide bonds. The average Bonchev–Trinajstić information content (AvgIpc) is 2.30. The summed E-state index contributed by atoms with van der Waals surface area (Å²) in [7, 11) is 0. The molecule has 1 unspecified atom stereocenters. The van der Waals surface area contributed by atoms with Crippen LogP contribution in [0.2, 0.25) is 0 Å². The maximum Gasteiger partial charge on any atom is 0.0959 e. The molecule has 2 heteroatoms. The van der Waals surface area contributed by atoms with E-state index in [0.29, 0.717) is 0 Å². The van der Waals surface area contributed by atoms with Crippen LogP contribution in [0.4, 0.5) is 0 Å². The first kappa shape index (κ1) is 14.6. The Kier molecular flexibility index (Phi) is 7.34. The Balaban J connectivity index is 2.06. The molecule has 0 bridgehead atoms. The van der Waals surface area contributed by atoms with Gasteiger partial charge in [-0.15, -0.1) is 11.8 Å². The molecule has 0 saturated carbocycles. The van der Waals surface area contributed by atoms with Crippen LogP contribution in [0.25, 0.3) is 0 Å². The first-order valence-electron chi connectivity index (χ1n) is 6.72. The molecular formula is C15H25NS. The van der Waals surface area contributed by atoms with Gasteiger partial charge in [-0.2, -0.15) is 0 Å². The topological polar surface area (TPSA) is 12.9 Å². The van der Waals surface area contributed by atoms with Gasteiger partial charge in [-0.1, -0.05) is 46.1 Å². The van der Waals surface area contributed by atoms with Crippen molar-refractivity contribution in [3.05, 3.63) is 24.4 Å². The molecule has 0 spiro atoms. The number of hydrogen-bond acceptors (Lipinski definition) is 2. The van der Waals surface area contributed by atoms with Crippen LogP contribution < -0.4 is 0 Å². The molecule has 0 N–H and O–H groups in total. The molecule has 0 aliphatic heterocycles. The molecule has 0 fully saturated rings. The fraction of sp³-hybridized carbons (Fsp3) is 0.667. The van der Waals surface area contributed by atoms with Gasteiger partial charge in [0.05, 0.1) is 5.03 Å². The molecule has 0 saturated heterocycles. The van der Waals surface area contributed by atoms with Gasteiger partial charge in [0.15, 0.2) is 0 Å². The van der Waals surface area contributed by atoms with Crippen molar-refractivity contribution < 1.29 is 0 Å². The lowest BCUT2D eigenvalue weighted by Crippen LogP contribution is -1.98. The number of rotatable bonds is 8. The number of thioether (sulfide) groups is 1. The van der Waals surface area contributed by atoms with Crippen LogP contribution in [0.3, 0.4) is 0 Å². The van der Waals surface area contributed by atoms with Crippen molar-refractivity contribution in [2.75, 3.05) is 5.75 Å². The number of pyridine rings is 1. The molecule has 1 rings (SSSR count). The van der Waals surface area contributed by atoms with E-state index in [1.54, 1.807) is 0 Å². The monoisotopic (exact) mass is 251 g/mol. The average molecular weight is 251 g/mol. The zero-order valence-corrected chi connectivity index (χ0v) is 12.2. The molecule has 1 nitrogen and oxygen atoms in total. The van der Waals surface area contributed by atoms with E-state index in [-0.39, 0.29) is 0 Å². The van der Waals surface area contributed by atoms with Crippen molar-refractivity contribution in [3.8, 4) is 0 Å². The van der Waals surface area contributed by atoms with Gasteiger partial charge in [0.1, 0.15) is 0 Å². The van der Waals surface area contributed by atoms with Crippen molar-refractivity contribution in [1.82, 2.24) is 4.98 Å². The summed E-state index contributed by atoms with van der Waals surface area (Å²) in [5.41, 5.74) is 0. The van der Waals surface area contributed by atoms with Crippen molar-refractivity contribution >= 4 is 11.8 Å². The Hall–Kier alpha value is -0.500.